The minimum Gasteiger partial charge on any atom is -0.481 e. The summed E-state index contributed by atoms with van der Waals surface area (Å²) in [6.07, 6.45) is 0. The molecule has 1 N–H and O–H groups in total. The molecule has 0 amide bonds. The standard InChI is InChI=1S/C12H11NO6S/c1-18-10-4-2-3-8(13-10)7-20(16,17)11-6-5-9(19-11)12(14)15/h2-6H,7H2,1H3,(H,14,15). The first-order chi connectivity index (χ1) is 9.42. The summed E-state index contributed by atoms with van der Waals surface area (Å²) in [5.41, 5.74) is 0.276. The maximum absolute atomic E-state index is 12.1. The van der Waals surface area contributed by atoms with Crippen LogP contribution in [-0.2, 0) is 15.6 Å². The number of furan rings is 1. The number of carboxylic acid groups (broad SMARTS) is 1. The number of ether oxygens (including phenoxy) is 1. The summed E-state index contributed by atoms with van der Waals surface area (Å²) in [4.78, 5) is 14.7. The van der Waals surface area contributed by atoms with Crippen molar-refractivity contribution in [1.29, 1.82) is 0 Å². The molecule has 0 saturated heterocycles. The van der Waals surface area contributed by atoms with Gasteiger partial charge in [-0.15, -0.1) is 0 Å². The number of carbonyl (C=O) groups is 1. The van der Waals surface area contributed by atoms with E-state index < -0.39 is 32.4 Å². The third-order valence-electron chi connectivity index (χ3n) is 2.43. The summed E-state index contributed by atoms with van der Waals surface area (Å²) >= 11 is 0. The monoisotopic (exact) mass is 297 g/mol. The predicted molar refractivity (Wildman–Crippen MR) is 67.3 cm³/mol. The van der Waals surface area contributed by atoms with E-state index in [9.17, 15) is 13.2 Å². The summed E-state index contributed by atoms with van der Waals surface area (Å²) in [5, 5.41) is 8.30. The van der Waals surface area contributed by atoms with Gasteiger partial charge in [-0.25, -0.2) is 18.2 Å². The van der Waals surface area contributed by atoms with Crippen LogP contribution in [0.3, 0.4) is 0 Å². The number of pyridine rings is 1. The largest absolute Gasteiger partial charge is 0.481 e. The fourth-order valence-corrected chi connectivity index (χ4v) is 2.70. The highest BCUT2D eigenvalue weighted by molar-refractivity contribution is 7.90. The van der Waals surface area contributed by atoms with Crippen molar-refractivity contribution in [2.75, 3.05) is 7.11 Å². The molecule has 0 aliphatic carbocycles. The fourth-order valence-electron chi connectivity index (χ4n) is 1.52. The lowest BCUT2D eigenvalue weighted by atomic mass is 10.4. The molecular weight excluding hydrogens is 286 g/mol. The van der Waals surface area contributed by atoms with E-state index in [2.05, 4.69) is 4.98 Å². The van der Waals surface area contributed by atoms with E-state index in [-0.39, 0.29) is 5.69 Å². The molecule has 0 spiro atoms. The first-order valence-electron chi connectivity index (χ1n) is 5.48. The summed E-state index contributed by atoms with van der Waals surface area (Å²) in [6, 6.07) is 6.93. The number of nitrogens with zero attached hydrogens (tertiary/aromatic N) is 1. The van der Waals surface area contributed by atoms with Crippen LogP contribution in [0, 0.1) is 0 Å². The lowest BCUT2D eigenvalue weighted by Gasteiger charge is -2.03. The fraction of sp³-hybridized carbons (Fsp3) is 0.167. The zero-order chi connectivity index (χ0) is 14.8. The van der Waals surface area contributed by atoms with Crippen LogP contribution in [0.2, 0.25) is 0 Å². The number of methoxy groups -OCH3 is 1. The molecule has 2 aromatic rings. The smallest absolute Gasteiger partial charge is 0.371 e. The molecule has 8 heteroatoms. The van der Waals surface area contributed by atoms with Gasteiger partial charge in [0.25, 0.3) is 0 Å². The Kier molecular flexibility index (Phi) is 3.75. The highest BCUT2D eigenvalue weighted by Gasteiger charge is 2.22. The van der Waals surface area contributed by atoms with Gasteiger partial charge in [0.05, 0.1) is 12.8 Å². The number of rotatable bonds is 5. The quantitative estimate of drug-likeness (QED) is 0.887. The van der Waals surface area contributed by atoms with Crippen LogP contribution < -0.4 is 4.74 Å². The van der Waals surface area contributed by atoms with Crippen LogP contribution in [0.5, 0.6) is 5.88 Å². The van der Waals surface area contributed by atoms with Crippen molar-refractivity contribution >= 4 is 15.8 Å². The third-order valence-corrected chi connectivity index (χ3v) is 3.94. The highest BCUT2D eigenvalue weighted by atomic mass is 32.2. The molecule has 0 atom stereocenters. The van der Waals surface area contributed by atoms with Crippen molar-refractivity contribution in [1.82, 2.24) is 4.98 Å². The summed E-state index contributed by atoms with van der Waals surface area (Å²) < 4.78 is 33.8. The molecule has 0 bridgehead atoms. The zero-order valence-electron chi connectivity index (χ0n) is 10.4. The topological polar surface area (TPSA) is 107 Å². The van der Waals surface area contributed by atoms with E-state index in [1.165, 1.54) is 13.2 Å². The molecule has 106 valence electrons. The molecule has 0 radical (unpaired) electrons. The Labute approximate surface area is 114 Å². The van der Waals surface area contributed by atoms with Crippen LogP contribution in [0.15, 0.2) is 39.8 Å². The van der Waals surface area contributed by atoms with Gasteiger partial charge in [0.15, 0.2) is 0 Å². The molecule has 2 heterocycles. The van der Waals surface area contributed by atoms with Crippen LogP contribution in [0.1, 0.15) is 16.2 Å². The third kappa shape index (κ3) is 2.97. The number of carboxylic acids is 1. The van der Waals surface area contributed by atoms with Gasteiger partial charge in [0.1, 0.15) is 5.75 Å². The number of sulfone groups is 1. The molecule has 0 fully saturated rings. The molecular formula is C12H11NO6S. The number of aromatic carboxylic acids is 1. The Morgan fingerprint density at radius 3 is 2.70 bits per heavy atom. The van der Waals surface area contributed by atoms with Gasteiger partial charge >= 0.3 is 5.97 Å². The van der Waals surface area contributed by atoms with Crippen molar-refractivity contribution in [2.24, 2.45) is 0 Å². The minimum atomic E-state index is -3.80. The Morgan fingerprint density at radius 2 is 2.10 bits per heavy atom. The van der Waals surface area contributed by atoms with Crippen molar-refractivity contribution in [2.45, 2.75) is 10.8 Å². The normalized spacial score (nSPS) is 11.2. The van der Waals surface area contributed by atoms with Gasteiger partial charge in [-0.3, -0.25) is 0 Å². The van der Waals surface area contributed by atoms with E-state index >= 15 is 0 Å². The van der Waals surface area contributed by atoms with Gasteiger partial charge in [-0.1, -0.05) is 6.07 Å². The Morgan fingerprint density at radius 1 is 1.35 bits per heavy atom. The summed E-state index contributed by atoms with van der Waals surface area (Å²) in [6.45, 7) is 0. The molecule has 20 heavy (non-hydrogen) atoms. The predicted octanol–water partition coefficient (Wildman–Crippen LogP) is 1.36. The molecule has 7 nitrogen and oxygen atoms in total. The first-order valence-corrected chi connectivity index (χ1v) is 7.13. The first kappa shape index (κ1) is 14.1. The van der Waals surface area contributed by atoms with Crippen molar-refractivity contribution < 1.29 is 27.5 Å². The lowest BCUT2D eigenvalue weighted by molar-refractivity contribution is 0.0656. The average Bonchev–Trinajstić information content (AvgIpc) is 2.89. The van der Waals surface area contributed by atoms with E-state index in [1.54, 1.807) is 12.1 Å². The number of aromatic nitrogens is 1. The minimum absolute atomic E-state index is 0.276. The second kappa shape index (κ2) is 5.33. The highest BCUT2D eigenvalue weighted by Crippen LogP contribution is 2.19. The molecule has 0 saturated carbocycles. The second-order valence-electron chi connectivity index (χ2n) is 3.85. The molecule has 0 aromatic carbocycles. The van der Waals surface area contributed by atoms with Crippen LogP contribution in [-0.4, -0.2) is 31.6 Å². The number of hydrogen-bond donors (Lipinski definition) is 1. The summed E-state index contributed by atoms with van der Waals surface area (Å²) in [5.74, 6) is -1.87. The lowest BCUT2D eigenvalue weighted by Crippen LogP contribution is -2.06. The molecule has 0 unspecified atom stereocenters. The zero-order valence-corrected chi connectivity index (χ0v) is 11.3. The molecule has 2 aromatic heterocycles. The van der Waals surface area contributed by atoms with E-state index in [0.717, 1.165) is 12.1 Å². The van der Waals surface area contributed by atoms with Gasteiger partial charge in [0, 0.05) is 6.07 Å². The Hall–Kier alpha value is -2.35. The maximum atomic E-state index is 12.1. The van der Waals surface area contributed by atoms with Crippen LogP contribution in [0.25, 0.3) is 0 Å². The van der Waals surface area contributed by atoms with E-state index in [0.29, 0.717) is 5.88 Å². The Balaban J connectivity index is 2.27. The summed E-state index contributed by atoms with van der Waals surface area (Å²) in [7, 11) is -2.38. The van der Waals surface area contributed by atoms with Crippen LogP contribution >= 0.6 is 0 Å². The van der Waals surface area contributed by atoms with Crippen molar-refractivity contribution in [3.8, 4) is 5.88 Å². The molecule has 2 rings (SSSR count). The van der Waals surface area contributed by atoms with E-state index in [1.807, 2.05) is 0 Å². The van der Waals surface area contributed by atoms with Crippen molar-refractivity contribution in [3.63, 3.8) is 0 Å². The molecule has 0 aliphatic rings. The maximum Gasteiger partial charge on any atom is 0.371 e. The second-order valence-corrected chi connectivity index (χ2v) is 5.77. The molecule has 0 aliphatic heterocycles. The van der Waals surface area contributed by atoms with Crippen molar-refractivity contribution in [3.05, 3.63) is 41.8 Å². The van der Waals surface area contributed by atoms with Gasteiger partial charge in [-0.05, 0) is 18.2 Å². The SMILES string of the molecule is COc1cccc(CS(=O)(=O)c2ccc(C(=O)O)o2)n1. The van der Waals surface area contributed by atoms with Gasteiger partial charge < -0.3 is 14.3 Å². The average molecular weight is 297 g/mol. The van der Waals surface area contributed by atoms with E-state index in [4.69, 9.17) is 14.3 Å². The number of hydrogen-bond acceptors (Lipinski definition) is 6. The Bertz CT molecular complexity index is 734. The van der Waals surface area contributed by atoms with Gasteiger partial charge in [0.2, 0.25) is 26.6 Å². The van der Waals surface area contributed by atoms with Gasteiger partial charge in [-0.2, -0.15) is 0 Å². The van der Waals surface area contributed by atoms with Crippen LogP contribution in [0.4, 0.5) is 0 Å².